The molecule has 1 unspecified atom stereocenters. The number of hydrogen-bond acceptors (Lipinski definition) is 4. The van der Waals surface area contributed by atoms with Crippen LogP contribution >= 0.6 is 24.0 Å². The Morgan fingerprint density at radius 3 is 2.57 bits per heavy atom. The van der Waals surface area contributed by atoms with Crippen molar-refractivity contribution in [1.29, 1.82) is 0 Å². The summed E-state index contributed by atoms with van der Waals surface area (Å²) in [4.78, 5) is 21.3. The van der Waals surface area contributed by atoms with Crippen LogP contribution in [0.3, 0.4) is 0 Å². The Hall–Kier alpha value is -1.35. The Bertz CT molecular complexity index is 662. The first kappa shape index (κ1) is 24.9. The monoisotopic (exact) mass is 528 g/mol. The minimum atomic E-state index is -0.0448. The molecule has 0 saturated carbocycles. The van der Waals surface area contributed by atoms with Gasteiger partial charge in [0.15, 0.2) is 5.96 Å². The van der Waals surface area contributed by atoms with E-state index in [0.29, 0.717) is 12.5 Å². The molecule has 2 aliphatic heterocycles. The molecule has 1 aromatic carbocycles. The summed E-state index contributed by atoms with van der Waals surface area (Å²) in [7, 11) is 1.85. The molecular formula is C23H37IN4O2. The van der Waals surface area contributed by atoms with Crippen LogP contribution in [-0.2, 0) is 16.0 Å². The minimum Gasteiger partial charge on any atom is -0.466 e. The highest BCUT2D eigenvalue weighted by Gasteiger charge is 2.28. The summed E-state index contributed by atoms with van der Waals surface area (Å²) < 4.78 is 5.17. The molecule has 30 heavy (non-hydrogen) atoms. The topological polar surface area (TPSA) is 57.2 Å². The Morgan fingerprint density at radius 1 is 1.17 bits per heavy atom. The number of halogens is 1. The van der Waals surface area contributed by atoms with Gasteiger partial charge in [-0.25, -0.2) is 0 Å². The zero-order chi connectivity index (χ0) is 20.5. The first-order valence-corrected chi connectivity index (χ1v) is 11.1. The van der Waals surface area contributed by atoms with E-state index in [1.807, 2.05) is 14.0 Å². The van der Waals surface area contributed by atoms with Crippen LogP contribution in [0.5, 0.6) is 0 Å². The highest BCUT2D eigenvalue weighted by Crippen LogP contribution is 2.20. The van der Waals surface area contributed by atoms with Crippen LogP contribution < -0.4 is 5.32 Å². The molecular weight excluding hydrogens is 491 g/mol. The third kappa shape index (κ3) is 7.41. The van der Waals surface area contributed by atoms with E-state index >= 15 is 0 Å². The molecule has 6 nitrogen and oxygen atoms in total. The number of nitrogens with one attached hydrogen (secondary N) is 1. The van der Waals surface area contributed by atoms with E-state index < -0.39 is 0 Å². The molecule has 2 aliphatic rings. The molecule has 0 radical (unpaired) electrons. The fourth-order valence-electron chi connectivity index (χ4n) is 4.37. The second kappa shape index (κ2) is 13.1. The zero-order valence-electron chi connectivity index (χ0n) is 18.4. The fourth-order valence-corrected chi connectivity index (χ4v) is 4.37. The number of guanidine groups is 1. The molecule has 0 spiro atoms. The molecule has 0 aromatic heterocycles. The number of carbonyl (C=O) groups excluding carboxylic acids is 1. The second-order valence-electron chi connectivity index (χ2n) is 8.13. The number of nitrogens with zero attached hydrogens (tertiary/aromatic N) is 3. The van der Waals surface area contributed by atoms with Crippen LogP contribution in [0.4, 0.5) is 0 Å². The normalized spacial score (nSPS) is 20.7. The lowest BCUT2D eigenvalue weighted by Crippen LogP contribution is -2.47. The maximum Gasteiger partial charge on any atom is 0.309 e. The number of hydrogen-bond donors (Lipinski definition) is 1. The molecule has 0 bridgehead atoms. The molecule has 2 heterocycles. The van der Waals surface area contributed by atoms with Gasteiger partial charge in [-0.2, -0.15) is 0 Å². The number of benzene rings is 1. The smallest absolute Gasteiger partial charge is 0.309 e. The van der Waals surface area contributed by atoms with Gasteiger partial charge in [-0.15, -0.1) is 24.0 Å². The highest BCUT2D eigenvalue weighted by atomic mass is 127. The van der Waals surface area contributed by atoms with Crippen LogP contribution in [0.25, 0.3) is 0 Å². The summed E-state index contributed by atoms with van der Waals surface area (Å²) in [6.45, 7) is 8.48. The number of rotatable bonds is 7. The quantitative estimate of drug-likeness (QED) is 0.255. The molecule has 2 saturated heterocycles. The van der Waals surface area contributed by atoms with Crippen molar-refractivity contribution in [3.63, 3.8) is 0 Å². The second-order valence-corrected chi connectivity index (χ2v) is 8.13. The van der Waals surface area contributed by atoms with Crippen molar-refractivity contribution in [3.05, 3.63) is 35.9 Å². The van der Waals surface area contributed by atoms with Gasteiger partial charge in [0, 0.05) is 39.8 Å². The number of esters is 1. The van der Waals surface area contributed by atoms with E-state index in [1.165, 1.54) is 18.5 Å². The van der Waals surface area contributed by atoms with Gasteiger partial charge in [0.2, 0.25) is 0 Å². The molecule has 7 heteroatoms. The van der Waals surface area contributed by atoms with Crippen LogP contribution in [-0.4, -0.2) is 74.7 Å². The summed E-state index contributed by atoms with van der Waals surface area (Å²) in [6, 6.07) is 10.7. The SMILES string of the molecule is CCOC(=O)C1CCN(C(=NC)NCC2CCN(CCc3ccccc3)C2)CC1.I. The highest BCUT2D eigenvalue weighted by molar-refractivity contribution is 14.0. The van der Waals surface area contributed by atoms with Gasteiger partial charge in [-0.1, -0.05) is 30.3 Å². The fraction of sp³-hybridized carbons (Fsp3) is 0.652. The molecule has 3 rings (SSSR count). The van der Waals surface area contributed by atoms with E-state index in [2.05, 4.69) is 50.4 Å². The third-order valence-electron chi connectivity index (χ3n) is 6.10. The maximum absolute atomic E-state index is 11.9. The average Bonchev–Trinajstić information content (AvgIpc) is 3.22. The Kier molecular flexibility index (Phi) is 10.9. The van der Waals surface area contributed by atoms with Crippen LogP contribution in [0.1, 0.15) is 31.7 Å². The zero-order valence-corrected chi connectivity index (χ0v) is 20.7. The van der Waals surface area contributed by atoms with Crippen molar-refractivity contribution in [3.8, 4) is 0 Å². The van der Waals surface area contributed by atoms with Gasteiger partial charge in [0.1, 0.15) is 0 Å². The Labute approximate surface area is 198 Å². The lowest BCUT2D eigenvalue weighted by Gasteiger charge is -2.33. The lowest BCUT2D eigenvalue weighted by molar-refractivity contribution is -0.149. The van der Waals surface area contributed by atoms with Gasteiger partial charge < -0.3 is 19.9 Å². The molecule has 1 N–H and O–H groups in total. The van der Waals surface area contributed by atoms with E-state index in [9.17, 15) is 4.79 Å². The van der Waals surface area contributed by atoms with Gasteiger partial charge >= 0.3 is 5.97 Å². The molecule has 2 fully saturated rings. The summed E-state index contributed by atoms with van der Waals surface area (Å²) in [5.41, 5.74) is 1.42. The molecule has 0 amide bonds. The predicted molar refractivity (Wildman–Crippen MR) is 132 cm³/mol. The average molecular weight is 528 g/mol. The van der Waals surface area contributed by atoms with E-state index in [1.54, 1.807) is 0 Å². The van der Waals surface area contributed by atoms with E-state index in [-0.39, 0.29) is 35.9 Å². The summed E-state index contributed by atoms with van der Waals surface area (Å²) in [5, 5.41) is 3.58. The van der Waals surface area contributed by atoms with Crippen molar-refractivity contribution < 1.29 is 9.53 Å². The van der Waals surface area contributed by atoms with Gasteiger partial charge in [-0.05, 0) is 50.6 Å². The van der Waals surface area contributed by atoms with Crippen molar-refractivity contribution in [2.24, 2.45) is 16.8 Å². The van der Waals surface area contributed by atoms with Gasteiger partial charge in [-0.3, -0.25) is 9.79 Å². The molecule has 0 aliphatic carbocycles. The Balaban J connectivity index is 0.00000320. The summed E-state index contributed by atoms with van der Waals surface area (Å²) >= 11 is 0. The number of likely N-dealkylation sites (tertiary alicyclic amines) is 2. The minimum absolute atomic E-state index is 0. The Morgan fingerprint density at radius 2 is 1.90 bits per heavy atom. The predicted octanol–water partition coefficient (Wildman–Crippen LogP) is 3.02. The number of carbonyl (C=O) groups is 1. The standard InChI is InChI=1S/C23H36N4O2.HI/c1-3-29-22(28)21-11-15-27(16-12-21)23(24-2)25-17-20-10-14-26(18-20)13-9-19-7-5-4-6-8-19;/h4-8,20-21H,3,9-18H2,1-2H3,(H,24,25);1H. The van der Waals surface area contributed by atoms with Crippen LogP contribution in [0, 0.1) is 11.8 Å². The van der Waals surface area contributed by atoms with Crippen LogP contribution in [0.15, 0.2) is 35.3 Å². The summed E-state index contributed by atoms with van der Waals surface area (Å²) in [5.74, 6) is 1.63. The molecule has 168 valence electrons. The van der Waals surface area contributed by atoms with Crippen molar-refractivity contribution in [2.75, 3.05) is 52.9 Å². The first-order valence-electron chi connectivity index (χ1n) is 11.1. The van der Waals surface area contributed by atoms with Gasteiger partial charge in [0.25, 0.3) is 0 Å². The third-order valence-corrected chi connectivity index (χ3v) is 6.10. The van der Waals surface area contributed by atoms with E-state index in [0.717, 1.165) is 57.9 Å². The lowest BCUT2D eigenvalue weighted by atomic mass is 9.97. The van der Waals surface area contributed by atoms with Crippen molar-refractivity contribution in [1.82, 2.24) is 15.1 Å². The van der Waals surface area contributed by atoms with E-state index in [4.69, 9.17) is 4.74 Å². The van der Waals surface area contributed by atoms with Crippen molar-refractivity contribution in [2.45, 2.75) is 32.6 Å². The molecule has 1 aromatic rings. The number of aliphatic imine (C=N–C) groups is 1. The van der Waals surface area contributed by atoms with Crippen LogP contribution in [0.2, 0.25) is 0 Å². The summed E-state index contributed by atoms with van der Waals surface area (Å²) in [6.07, 6.45) is 4.05. The number of piperidine rings is 1. The number of ether oxygens (including phenoxy) is 1. The first-order chi connectivity index (χ1) is 14.2. The molecule has 1 atom stereocenters. The van der Waals surface area contributed by atoms with Crippen molar-refractivity contribution >= 4 is 35.9 Å². The van der Waals surface area contributed by atoms with Gasteiger partial charge in [0.05, 0.1) is 12.5 Å². The largest absolute Gasteiger partial charge is 0.466 e. The maximum atomic E-state index is 11.9.